The minimum absolute atomic E-state index is 0.0617. The molecule has 0 aliphatic carbocycles. The van der Waals surface area contributed by atoms with Gasteiger partial charge < -0.3 is 11.1 Å². The molecule has 1 heterocycles. The van der Waals surface area contributed by atoms with Crippen LogP contribution >= 0.6 is 11.3 Å². The van der Waals surface area contributed by atoms with Gasteiger partial charge in [-0.05, 0) is 37.6 Å². The molecular formula is C13H15N3O2S. The summed E-state index contributed by atoms with van der Waals surface area (Å²) in [6, 6.07) is 6.82. The van der Waals surface area contributed by atoms with Crippen LogP contribution in [0.3, 0.4) is 0 Å². The van der Waals surface area contributed by atoms with E-state index in [4.69, 9.17) is 5.73 Å². The van der Waals surface area contributed by atoms with Gasteiger partial charge >= 0.3 is 0 Å². The molecule has 2 rings (SSSR count). The van der Waals surface area contributed by atoms with Crippen molar-refractivity contribution in [3.8, 4) is 0 Å². The Kier molecular flexibility index (Phi) is 3.71. The summed E-state index contributed by atoms with van der Waals surface area (Å²) in [4.78, 5) is 12.7. The second-order valence-corrected chi connectivity index (χ2v) is 5.68. The highest BCUT2D eigenvalue weighted by Crippen LogP contribution is 2.26. The first-order valence-electron chi connectivity index (χ1n) is 5.81. The maximum absolute atomic E-state index is 10.7. The maximum Gasteiger partial charge on any atom is 0.292 e. The van der Waals surface area contributed by atoms with Crippen LogP contribution < -0.4 is 11.1 Å². The molecule has 0 atom stereocenters. The fourth-order valence-corrected chi connectivity index (χ4v) is 2.75. The van der Waals surface area contributed by atoms with Crippen LogP contribution in [0.1, 0.15) is 15.3 Å². The van der Waals surface area contributed by atoms with Crippen molar-refractivity contribution in [2.75, 3.05) is 11.1 Å². The Hall–Kier alpha value is -2.08. The second kappa shape index (κ2) is 5.27. The lowest BCUT2D eigenvalue weighted by Crippen LogP contribution is -2.00. The van der Waals surface area contributed by atoms with Crippen LogP contribution in [0.4, 0.5) is 17.1 Å². The Morgan fingerprint density at radius 3 is 2.63 bits per heavy atom. The molecule has 5 nitrogen and oxygen atoms in total. The first-order chi connectivity index (χ1) is 8.97. The van der Waals surface area contributed by atoms with Gasteiger partial charge in [0.25, 0.3) is 5.69 Å². The highest BCUT2D eigenvalue weighted by Gasteiger charge is 2.11. The topological polar surface area (TPSA) is 81.2 Å². The second-order valence-electron chi connectivity index (χ2n) is 4.34. The lowest BCUT2D eigenvalue weighted by molar-refractivity contribution is -0.383. The molecule has 0 radical (unpaired) electrons. The SMILES string of the molecule is Cc1cc(CNc2ccc([N+](=O)[O-])c(N)c2)sc1C. The van der Waals surface area contributed by atoms with Crippen LogP contribution in [-0.4, -0.2) is 4.92 Å². The van der Waals surface area contributed by atoms with Gasteiger partial charge in [0.2, 0.25) is 0 Å². The maximum atomic E-state index is 10.7. The number of nitrogens with one attached hydrogen (secondary N) is 1. The quantitative estimate of drug-likeness (QED) is 0.509. The molecule has 3 N–H and O–H groups in total. The minimum atomic E-state index is -0.481. The van der Waals surface area contributed by atoms with E-state index < -0.39 is 4.92 Å². The van der Waals surface area contributed by atoms with Gasteiger partial charge in [0.1, 0.15) is 5.69 Å². The Morgan fingerprint density at radius 1 is 1.37 bits per heavy atom. The van der Waals surface area contributed by atoms with Crippen LogP contribution in [-0.2, 0) is 6.54 Å². The van der Waals surface area contributed by atoms with Gasteiger partial charge in [-0.1, -0.05) is 0 Å². The molecule has 0 saturated heterocycles. The minimum Gasteiger partial charge on any atom is -0.393 e. The number of anilines is 2. The Morgan fingerprint density at radius 2 is 2.11 bits per heavy atom. The van der Waals surface area contributed by atoms with E-state index in [2.05, 4.69) is 25.2 Å². The zero-order valence-corrected chi connectivity index (χ0v) is 11.6. The van der Waals surface area contributed by atoms with Crippen molar-refractivity contribution in [2.45, 2.75) is 20.4 Å². The third-order valence-corrected chi connectivity index (χ3v) is 4.06. The molecule has 1 aromatic carbocycles. The number of rotatable bonds is 4. The zero-order valence-electron chi connectivity index (χ0n) is 10.8. The van der Waals surface area contributed by atoms with Crippen molar-refractivity contribution >= 4 is 28.4 Å². The monoisotopic (exact) mass is 277 g/mol. The molecule has 19 heavy (non-hydrogen) atoms. The number of nitro benzene ring substituents is 1. The van der Waals surface area contributed by atoms with E-state index in [-0.39, 0.29) is 11.4 Å². The van der Waals surface area contributed by atoms with Gasteiger partial charge in [0.05, 0.1) is 4.92 Å². The number of nitrogens with two attached hydrogens (primary N) is 1. The van der Waals surface area contributed by atoms with Gasteiger partial charge in [0.15, 0.2) is 0 Å². The van der Waals surface area contributed by atoms with Crippen LogP contribution in [0.25, 0.3) is 0 Å². The molecule has 0 aliphatic heterocycles. The van der Waals surface area contributed by atoms with E-state index in [1.807, 2.05) is 0 Å². The molecule has 0 fully saturated rings. The zero-order chi connectivity index (χ0) is 14.0. The molecule has 100 valence electrons. The van der Waals surface area contributed by atoms with Gasteiger partial charge in [-0.25, -0.2) is 0 Å². The van der Waals surface area contributed by atoms with Crippen molar-refractivity contribution in [1.82, 2.24) is 0 Å². The largest absolute Gasteiger partial charge is 0.393 e. The molecule has 2 aromatic rings. The molecule has 0 unspecified atom stereocenters. The number of hydrogen-bond acceptors (Lipinski definition) is 5. The summed E-state index contributed by atoms with van der Waals surface area (Å²) in [5.41, 5.74) is 7.82. The fourth-order valence-electron chi connectivity index (χ4n) is 1.76. The molecule has 0 bridgehead atoms. The van der Waals surface area contributed by atoms with Crippen molar-refractivity contribution in [1.29, 1.82) is 0 Å². The van der Waals surface area contributed by atoms with Crippen molar-refractivity contribution < 1.29 is 4.92 Å². The predicted octanol–water partition coefficient (Wildman–Crippen LogP) is 3.47. The molecular weight excluding hydrogens is 262 g/mol. The Balaban J connectivity index is 2.08. The summed E-state index contributed by atoms with van der Waals surface area (Å²) in [5.74, 6) is 0. The van der Waals surface area contributed by atoms with Gasteiger partial charge in [-0.2, -0.15) is 0 Å². The Bertz CT molecular complexity index is 603. The first kappa shape index (κ1) is 13.4. The fraction of sp³-hybridized carbons (Fsp3) is 0.231. The molecule has 1 aromatic heterocycles. The number of aryl methyl sites for hydroxylation is 2. The average Bonchev–Trinajstić information content (AvgIpc) is 2.66. The summed E-state index contributed by atoms with van der Waals surface area (Å²) in [6.45, 7) is 4.86. The number of thiophene rings is 1. The van der Waals surface area contributed by atoms with Gasteiger partial charge in [-0.15, -0.1) is 11.3 Å². The van der Waals surface area contributed by atoms with Gasteiger partial charge in [0, 0.05) is 28.1 Å². The third-order valence-electron chi connectivity index (χ3n) is 2.91. The molecule has 0 saturated carbocycles. The van der Waals surface area contributed by atoms with Crippen molar-refractivity contribution in [3.63, 3.8) is 0 Å². The number of hydrogen-bond donors (Lipinski definition) is 2. The number of nitrogen functional groups attached to an aromatic ring is 1. The summed E-state index contributed by atoms with van der Waals surface area (Å²) in [7, 11) is 0. The summed E-state index contributed by atoms with van der Waals surface area (Å²) in [5, 5.41) is 13.9. The third kappa shape index (κ3) is 3.03. The number of benzene rings is 1. The molecule has 0 aliphatic rings. The summed E-state index contributed by atoms with van der Waals surface area (Å²) in [6.07, 6.45) is 0. The van der Waals surface area contributed by atoms with Crippen LogP contribution in [0, 0.1) is 24.0 Å². The van der Waals surface area contributed by atoms with E-state index in [1.54, 1.807) is 23.5 Å². The standard InChI is InChI=1S/C13H15N3O2S/c1-8-5-11(19-9(8)2)7-15-10-3-4-13(16(17)18)12(14)6-10/h3-6,15H,7,14H2,1-2H3. The van der Waals surface area contributed by atoms with Gasteiger partial charge in [-0.3, -0.25) is 10.1 Å². The van der Waals surface area contributed by atoms with E-state index in [0.717, 1.165) is 5.69 Å². The smallest absolute Gasteiger partial charge is 0.292 e. The van der Waals surface area contributed by atoms with Crippen molar-refractivity contribution in [2.24, 2.45) is 0 Å². The number of nitro groups is 1. The summed E-state index contributed by atoms with van der Waals surface area (Å²) < 4.78 is 0. The number of nitrogens with zero attached hydrogens (tertiary/aromatic N) is 1. The summed E-state index contributed by atoms with van der Waals surface area (Å²) >= 11 is 1.74. The highest BCUT2D eigenvalue weighted by molar-refractivity contribution is 7.12. The Labute approximate surface area is 115 Å². The van der Waals surface area contributed by atoms with Crippen LogP contribution in [0.5, 0.6) is 0 Å². The lowest BCUT2D eigenvalue weighted by atomic mass is 10.2. The van der Waals surface area contributed by atoms with E-state index >= 15 is 0 Å². The van der Waals surface area contributed by atoms with E-state index in [1.165, 1.54) is 21.4 Å². The first-order valence-corrected chi connectivity index (χ1v) is 6.62. The van der Waals surface area contributed by atoms with E-state index in [0.29, 0.717) is 6.54 Å². The predicted molar refractivity (Wildman–Crippen MR) is 78.6 cm³/mol. The molecule has 6 heteroatoms. The molecule has 0 spiro atoms. The molecule has 0 amide bonds. The van der Waals surface area contributed by atoms with E-state index in [9.17, 15) is 10.1 Å². The van der Waals surface area contributed by atoms with Crippen LogP contribution in [0.15, 0.2) is 24.3 Å². The van der Waals surface area contributed by atoms with Crippen molar-refractivity contribution in [3.05, 3.63) is 49.7 Å². The average molecular weight is 277 g/mol. The normalized spacial score (nSPS) is 10.4. The lowest BCUT2D eigenvalue weighted by Gasteiger charge is -2.06. The highest BCUT2D eigenvalue weighted by atomic mass is 32.1. The van der Waals surface area contributed by atoms with Crippen LogP contribution in [0.2, 0.25) is 0 Å².